The molecule has 8 heteroatoms. The van der Waals surface area contributed by atoms with Gasteiger partial charge in [0.05, 0.1) is 29.4 Å². The van der Waals surface area contributed by atoms with Gasteiger partial charge in [-0.05, 0) is 18.2 Å². The van der Waals surface area contributed by atoms with Gasteiger partial charge in [0.15, 0.2) is 6.61 Å². The molecule has 0 N–H and O–H groups in total. The van der Waals surface area contributed by atoms with Crippen molar-refractivity contribution in [2.45, 2.75) is 6.42 Å². The molecule has 1 aromatic carbocycles. The third-order valence-corrected chi connectivity index (χ3v) is 4.49. The number of hydrogen-bond acceptors (Lipinski definition) is 6. The summed E-state index contributed by atoms with van der Waals surface area (Å²) in [6.45, 7) is 0.148. The molecule has 0 spiro atoms. The van der Waals surface area contributed by atoms with Crippen molar-refractivity contribution < 1.29 is 14.3 Å². The van der Waals surface area contributed by atoms with Crippen molar-refractivity contribution in [2.75, 3.05) is 31.6 Å². The summed E-state index contributed by atoms with van der Waals surface area (Å²) in [5, 5.41) is 10.6. The zero-order valence-corrected chi connectivity index (χ0v) is 14.5. The van der Waals surface area contributed by atoms with E-state index in [9.17, 15) is 9.59 Å². The fraction of sp³-hybridized carbons (Fsp3) is 0.294. The summed E-state index contributed by atoms with van der Waals surface area (Å²) in [7, 11) is 1.62. The number of rotatable bonds is 5. The number of likely N-dealkylation sites (N-methyl/N-ethyl adjacent to an activating group) is 1. The summed E-state index contributed by atoms with van der Waals surface area (Å²) < 4.78 is 5.47. The highest BCUT2D eigenvalue weighted by Gasteiger charge is 2.28. The Bertz CT molecular complexity index is 829. The predicted molar refractivity (Wildman–Crippen MR) is 93.3 cm³/mol. The lowest BCUT2D eigenvalue weighted by atomic mass is 10.1. The predicted octanol–water partition coefficient (Wildman–Crippen LogP) is 1.91. The monoisotopic (exact) mass is 356 g/mol. The molecule has 0 saturated heterocycles. The second kappa shape index (κ2) is 7.32. The number of fused-ring (bicyclic) bond motifs is 1. The van der Waals surface area contributed by atoms with Gasteiger partial charge >= 0.3 is 0 Å². The highest BCUT2D eigenvalue weighted by Crippen LogP contribution is 2.35. The molecule has 3 rings (SSSR count). The largest absolute Gasteiger partial charge is 0.482 e. The van der Waals surface area contributed by atoms with Gasteiger partial charge in [0, 0.05) is 24.5 Å². The second-order valence-electron chi connectivity index (χ2n) is 5.55. The molecule has 2 amide bonds. The van der Waals surface area contributed by atoms with E-state index in [1.807, 2.05) is 23.6 Å². The minimum Gasteiger partial charge on any atom is -0.482 e. The summed E-state index contributed by atoms with van der Waals surface area (Å²) in [6.07, 6.45) is 0.254. The Morgan fingerprint density at radius 3 is 3.08 bits per heavy atom. The molecule has 0 atom stereocenters. The summed E-state index contributed by atoms with van der Waals surface area (Å²) in [6, 6.07) is 7.48. The molecule has 25 heavy (non-hydrogen) atoms. The summed E-state index contributed by atoms with van der Waals surface area (Å²) in [4.78, 5) is 31.8. The van der Waals surface area contributed by atoms with Crippen LogP contribution in [0.15, 0.2) is 29.1 Å². The maximum Gasteiger partial charge on any atom is 0.265 e. The van der Waals surface area contributed by atoms with Crippen LogP contribution in [-0.4, -0.2) is 48.4 Å². The lowest BCUT2D eigenvalue weighted by Gasteiger charge is -2.30. The van der Waals surface area contributed by atoms with Crippen LogP contribution in [0, 0.1) is 11.3 Å². The lowest BCUT2D eigenvalue weighted by Crippen LogP contribution is -2.45. The molecule has 0 saturated carbocycles. The van der Waals surface area contributed by atoms with Gasteiger partial charge in [0.25, 0.3) is 5.91 Å². The number of carbonyl (C=O) groups excluding carboxylic acids is 2. The third-order valence-electron chi connectivity index (χ3n) is 3.91. The van der Waals surface area contributed by atoms with Crippen molar-refractivity contribution in [3.63, 3.8) is 0 Å². The SMILES string of the molecule is CN(CCC#N)C(=O)CN1C(=O)COc2ccc(-c3cscn3)cc21. The standard InChI is InChI=1S/C17H16N4O3S/c1-20(6-2-5-18)16(22)8-21-14-7-12(13-10-25-11-19-13)3-4-15(14)24-9-17(21)23/h3-4,7,10-11H,2,6,8-9H2,1H3. The molecular weight excluding hydrogens is 340 g/mol. The van der Waals surface area contributed by atoms with Gasteiger partial charge in [-0.3, -0.25) is 14.5 Å². The highest BCUT2D eigenvalue weighted by molar-refractivity contribution is 7.07. The van der Waals surface area contributed by atoms with Crippen LogP contribution in [0.2, 0.25) is 0 Å². The van der Waals surface area contributed by atoms with Crippen LogP contribution in [0.4, 0.5) is 5.69 Å². The number of nitriles is 1. The number of thiazole rings is 1. The van der Waals surface area contributed by atoms with E-state index in [2.05, 4.69) is 4.98 Å². The van der Waals surface area contributed by atoms with Crippen molar-refractivity contribution in [3.05, 3.63) is 29.1 Å². The van der Waals surface area contributed by atoms with E-state index in [0.29, 0.717) is 18.0 Å². The Labute approximate surface area is 149 Å². The van der Waals surface area contributed by atoms with Crippen molar-refractivity contribution in [1.82, 2.24) is 9.88 Å². The first-order valence-corrected chi connectivity index (χ1v) is 8.61. The zero-order valence-electron chi connectivity index (χ0n) is 13.6. The number of hydrogen-bond donors (Lipinski definition) is 0. The molecule has 1 aromatic heterocycles. The maximum atomic E-state index is 12.4. The number of anilines is 1. The summed E-state index contributed by atoms with van der Waals surface area (Å²) in [5.74, 6) is 0.0616. The van der Waals surface area contributed by atoms with Crippen LogP contribution in [0.3, 0.4) is 0 Å². The van der Waals surface area contributed by atoms with Crippen LogP contribution in [0.1, 0.15) is 6.42 Å². The maximum absolute atomic E-state index is 12.4. The Balaban J connectivity index is 1.86. The van der Waals surface area contributed by atoms with E-state index in [-0.39, 0.29) is 31.4 Å². The minimum atomic E-state index is -0.273. The number of amides is 2. The van der Waals surface area contributed by atoms with E-state index in [1.54, 1.807) is 18.6 Å². The number of aromatic nitrogens is 1. The van der Waals surface area contributed by atoms with Gasteiger partial charge in [0.2, 0.25) is 5.91 Å². The molecule has 0 unspecified atom stereocenters. The normalized spacial score (nSPS) is 13.0. The molecule has 0 bridgehead atoms. The molecule has 0 radical (unpaired) electrons. The quantitative estimate of drug-likeness (QED) is 0.817. The van der Waals surface area contributed by atoms with Crippen molar-refractivity contribution in [2.24, 2.45) is 0 Å². The van der Waals surface area contributed by atoms with Crippen LogP contribution >= 0.6 is 11.3 Å². The Morgan fingerprint density at radius 1 is 1.52 bits per heavy atom. The zero-order chi connectivity index (χ0) is 17.8. The van der Waals surface area contributed by atoms with Gasteiger partial charge in [-0.25, -0.2) is 4.98 Å². The molecule has 1 aliphatic rings. The molecule has 7 nitrogen and oxygen atoms in total. The Hall–Kier alpha value is -2.92. The van der Waals surface area contributed by atoms with Crippen LogP contribution in [-0.2, 0) is 9.59 Å². The topological polar surface area (TPSA) is 86.5 Å². The summed E-state index contributed by atoms with van der Waals surface area (Å²) in [5.41, 5.74) is 3.96. The third kappa shape index (κ3) is 3.61. The van der Waals surface area contributed by atoms with E-state index >= 15 is 0 Å². The lowest BCUT2D eigenvalue weighted by molar-refractivity contribution is -0.130. The van der Waals surface area contributed by atoms with E-state index in [1.165, 1.54) is 21.1 Å². The Morgan fingerprint density at radius 2 is 2.36 bits per heavy atom. The van der Waals surface area contributed by atoms with E-state index in [4.69, 9.17) is 10.00 Å². The molecule has 1 aliphatic heterocycles. The number of nitrogens with zero attached hydrogens (tertiary/aromatic N) is 4. The van der Waals surface area contributed by atoms with Crippen molar-refractivity contribution >= 4 is 28.8 Å². The molecule has 0 aliphatic carbocycles. The van der Waals surface area contributed by atoms with Crippen LogP contribution < -0.4 is 9.64 Å². The summed E-state index contributed by atoms with van der Waals surface area (Å²) >= 11 is 1.49. The molecule has 128 valence electrons. The average Bonchev–Trinajstić information content (AvgIpc) is 3.16. The Kier molecular flexibility index (Phi) is 4.95. The number of ether oxygens (including phenoxy) is 1. The number of carbonyl (C=O) groups is 2. The fourth-order valence-corrected chi connectivity index (χ4v) is 3.05. The van der Waals surface area contributed by atoms with Crippen LogP contribution in [0.5, 0.6) is 5.75 Å². The number of benzene rings is 1. The van der Waals surface area contributed by atoms with Gasteiger partial charge in [-0.2, -0.15) is 5.26 Å². The first-order valence-electron chi connectivity index (χ1n) is 7.67. The van der Waals surface area contributed by atoms with Gasteiger partial charge in [-0.1, -0.05) is 0 Å². The van der Waals surface area contributed by atoms with Crippen LogP contribution in [0.25, 0.3) is 11.3 Å². The smallest absolute Gasteiger partial charge is 0.265 e. The van der Waals surface area contributed by atoms with E-state index < -0.39 is 0 Å². The van der Waals surface area contributed by atoms with Crippen molar-refractivity contribution in [3.8, 4) is 23.1 Å². The van der Waals surface area contributed by atoms with Gasteiger partial charge < -0.3 is 9.64 Å². The molecule has 2 aromatic rings. The fourth-order valence-electron chi connectivity index (χ4n) is 2.49. The first-order chi connectivity index (χ1) is 12.1. The molecule has 2 heterocycles. The van der Waals surface area contributed by atoms with Crippen molar-refractivity contribution in [1.29, 1.82) is 5.26 Å². The molecular formula is C17H16N4O3S. The highest BCUT2D eigenvalue weighted by atomic mass is 32.1. The second-order valence-corrected chi connectivity index (χ2v) is 6.27. The first kappa shape index (κ1) is 16.9. The average molecular weight is 356 g/mol. The van der Waals surface area contributed by atoms with E-state index in [0.717, 1.165) is 11.3 Å². The molecule has 0 fully saturated rings. The van der Waals surface area contributed by atoms with Gasteiger partial charge in [-0.15, -0.1) is 11.3 Å². The minimum absolute atomic E-state index is 0.0857. The van der Waals surface area contributed by atoms with Gasteiger partial charge in [0.1, 0.15) is 12.3 Å².